The molecule has 1 saturated carbocycles. The number of aliphatic hydroxyl groups excluding tert-OH is 1. The van der Waals surface area contributed by atoms with Crippen molar-refractivity contribution in [3.05, 3.63) is 12.2 Å². The molecule has 1 rings (SSSR count). The Morgan fingerprint density at radius 2 is 2.20 bits per heavy atom. The summed E-state index contributed by atoms with van der Waals surface area (Å²) in [5.74, 6) is -0.773. The molecule has 3 N–H and O–H groups in total. The molecule has 0 saturated heterocycles. The topological polar surface area (TPSA) is 77.8 Å². The Labute approximate surface area is 121 Å². The van der Waals surface area contributed by atoms with Crippen LogP contribution in [0.15, 0.2) is 12.2 Å². The van der Waals surface area contributed by atoms with Crippen molar-refractivity contribution in [2.75, 3.05) is 0 Å². The van der Waals surface area contributed by atoms with Gasteiger partial charge < -0.3 is 15.3 Å². The van der Waals surface area contributed by atoms with E-state index in [0.717, 1.165) is 38.5 Å². The quantitative estimate of drug-likeness (QED) is 0.473. The van der Waals surface area contributed by atoms with Gasteiger partial charge in [-0.3, -0.25) is 4.79 Å². The Morgan fingerprint density at radius 3 is 2.85 bits per heavy atom. The van der Waals surface area contributed by atoms with E-state index in [1.54, 1.807) is 0 Å². The van der Waals surface area contributed by atoms with E-state index in [1.807, 2.05) is 12.2 Å². The normalized spacial score (nSPS) is 28.6. The SMILES string of the molecule is CCCCC[C@H](O)/C=C/[C@@H]1CCC[C@](O)(CC(=O)O)C1. The minimum Gasteiger partial charge on any atom is -0.481 e. The smallest absolute Gasteiger partial charge is 0.306 e. The number of hydrogen-bond donors (Lipinski definition) is 3. The van der Waals surface area contributed by atoms with Gasteiger partial charge in [0.25, 0.3) is 0 Å². The molecule has 1 aliphatic carbocycles. The predicted octanol–water partition coefficient (Wildman–Crippen LogP) is 2.88. The second-order valence-electron chi connectivity index (χ2n) is 6.10. The van der Waals surface area contributed by atoms with Gasteiger partial charge in [-0.25, -0.2) is 0 Å². The van der Waals surface area contributed by atoms with Crippen molar-refractivity contribution in [3.8, 4) is 0 Å². The van der Waals surface area contributed by atoms with Crippen LogP contribution in [0, 0.1) is 5.92 Å². The average molecular weight is 284 g/mol. The van der Waals surface area contributed by atoms with Crippen molar-refractivity contribution < 1.29 is 20.1 Å². The fourth-order valence-electron chi connectivity index (χ4n) is 2.98. The number of carboxylic acids is 1. The van der Waals surface area contributed by atoms with Crippen LogP contribution in [-0.2, 0) is 4.79 Å². The number of hydrogen-bond acceptors (Lipinski definition) is 3. The highest BCUT2D eigenvalue weighted by Gasteiger charge is 2.35. The van der Waals surface area contributed by atoms with E-state index in [9.17, 15) is 15.0 Å². The van der Waals surface area contributed by atoms with Gasteiger partial charge in [0.15, 0.2) is 0 Å². The number of aliphatic hydroxyl groups is 2. The first-order chi connectivity index (χ1) is 9.45. The average Bonchev–Trinajstić information content (AvgIpc) is 2.35. The predicted molar refractivity (Wildman–Crippen MR) is 78.4 cm³/mol. The third-order valence-electron chi connectivity index (χ3n) is 4.05. The summed E-state index contributed by atoms with van der Waals surface area (Å²) in [5, 5.41) is 28.9. The Kier molecular flexibility index (Phi) is 7.24. The van der Waals surface area contributed by atoms with Gasteiger partial charge in [-0.15, -0.1) is 0 Å². The van der Waals surface area contributed by atoms with Crippen molar-refractivity contribution in [3.63, 3.8) is 0 Å². The molecule has 0 bridgehead atoms. The molecule has 0 heterocycles. The summed E-state index contributed by atoms with van der Waals surface area (Å²) >= 11 is 0. The van der Waals surface area contributed by atoms with E-state index in [1.165, 1.54) is 0 Å². The van der Waals surface area contributed by atoms with Gasteiger partial charge in [0.05, 0.1) is 18.1 Å². The van der Waals surface area contributed by atoms with Crippen LogP contribution in [0.25, 0.3) is 0 Å². The second kappa shape index (κ2) is 8.42. The van der Waals surface area contributed by atoms with Crippen LogP contribution >= 0.6 is 0 Å². The number of aliphatic carboxylic acids is 1. The highest BCUT2D eigenvalue weighted by Crippen LogP contribution is 2.35. The summed E-state index contributed by atoms with van der Waals surface area (Å²) < 4.78 is 0. The molecule has 0 radical (unpaired) electrons. The van der Waals surface area contributed by atoms with E-state index < -0.39 is 17.7 Å². The van der Waals surface area contributed by atoms with E-state index in [4.69, 9.17) is 5.11 Å². The van der Waals surface area contributed by atoms with Gasteiger partial charge in [-0.05, 0) is 38.0 Å². The first-order valence-electron chi connectivity index (χ1n) is 7.76. The van der Waals surface area contributed by atoms with Crippen molar-refractivity contribution in [2.24, 2.45) is 5.92 Å². The zero-order chi connectivity index (χ0) is 15.0. The van der Waals surface area contributed by atoms with E-state index >= 15 is 0 Å². The number of unbranched alkanes of at least 4 members (excludes halogenated alkanes) is 2. The molecule has 3 atom stereocenters. The fraction of sp³-hybridized carbons (Fsp3) is 0.812. The van der Waals surface area contributed by atoms with Crippen LogP contribution < -0.4 is 0 Å². The molecule has 0 unspecified atom stereocenters. The minimum absolute atomic E-state index is 0.175. The zero-order valence-electron chi connectivity index (χ0n) is 12.4. The Morgan fingerprint density at radius 1 is 1.45 bits per heavy atom. The monoisotopic (exact) mass is 284 g/mol. The van der Waals surface area contributed by atoms with Crippen molar-refractivity contribution >= 4 is 5.97 Å². The summed E-state index contributed by atoms with van der Waals surface area (Å²) in [5.41, 5.74) is -1.08. The summed E-state index contributed by atoms with van der Waals surface area (Å²) in [6.07, 6.45) is 10.1. The number of rotatable bonds is 8. The summed E-state index contributed by atoms with van der Waals surface area (Å²) in [6, 6.07) is 0. The van der Waals surface area contributed by atoms with E-state index in [2.05, 4.69) is 6.92 Å². The van der Waals surface area contributed by atoms with Gasteiger partial charge in [0.1, 0.15) is 0 Å². The van der Waals surface area contributed by atoms with Crippen LogP contribution in [0.1, 0.15) is 64.7 Å². The maximum Gasteiger partial charge on any atom is 0.306 e. The largest absolute Gasteiger partial charge is 0.481 e. The molecule has 0 aromatic carbocycles. The molecular formula is C16H28O4. The van der Waals surface area contributed by atoms with Gasteiger partial charge in [0, 0.05) is 0 Å². The van der Waals surface area contributed by atoms with Crippen molar-refractivity contribution in [2.45, 2.75) is 76.4 Å². The lowest BCUT2D eigenvalue weighted by Crippen LogP contribution is -2.37. The molecule has 4 nitrogen and oxygen atoms in total. The molecule has 0 aliphatic heterocycles. The fourth-order valence-corrected chi connectivity index (χ4v) is 2.98. The molecule has 0 amide bonds. The number of allylic oxidation sites excluding steroid dienone is 1. The first-order valence-corrected chi connectivity index (χ1v) is 7.76. The first kappa shape index (κ1) is 17.2. The molecule has 116 valence electrons. The van der Waals surface area contributed by atoms with Crippen LogP contribution in [0.4, 0.5) is 0 Å². The summed E-state index contributed by atoms with van der Waals surface area (Å²) in [6.45, 7) is 2.13. The zero-order valence-corrected chi connectivity index (χ0v) is 12.4. The lowest BCUT2D eigenvalue weighted by atomic mass is 9.76. The van der Waals surface area contributed by atoms with Crippen LogP contribution in [0.5, 0.6) is 0 Å². The third kappa shape index (κ3) is 6.53. The van der Waals surface area contributed by atoms with Gasteiger partial charge in [-0.1, -0.05) is 38.3 Å². The van der Waals surface area contributed by atoms with Gasteiger partial charge >= 0.3 is 5.97 Å². The highest BCUT2D eigenvalue weighted by molar-refractivity contribution is 5.68. The Hall–Kier alpha value is -0.870. The molecule has 0 aromatic heterocycles. The second-order valence-corrected chi connectivity index (χ2v) is 6.10. The lowest BCUT2D eigenvalue weighted by Gasteiger charge is -2.34. The van der Waals surface area contributed by atoms with Gasteiger partial charge in [-0.2, -0.15) is 0 Å². The Balaban J connectivity index is 2.41. The molecule has 1 fully saturated rings. The van der Waals surface area contributed by atoms with E-state index in [-0.39, 0.29) is 12.3 Å². The number of carboxylic acid groups (broad SMARTS) is 1. The molecule has 4 heteroatoms. The van der Waals surface area contributed by atoms with Crippen LogP contribution in [-0.4, -0.2) is 33.0 Å². The van der Waals surface area contributed by atoms with Gasteiger partial charge in [0.2, 0.25) is 0 Å². The standard InChI is InChI=1S/C16H28O4/c1-2-3-4-7-14(17)9-8-13-6-5-10-16(20,11-13)12-15(18)19/h8-9,13-14,17,20H,2-7,10-12H2,1H3,(H,18,19)/b9-8+/t13-,14-,16+/m0/s1. The summed E-state index contributed by atoms with van der Waals surface area (Å²) in [4.78, 5) is 10.8. The number of carbonyl (C=O) groups is 1. The van der Waals surface area contributed by atoms with E-state index in [0.29, 0.717) is 12.8 Å². The lowest BCUT2D eigenvalue weighted by molar-refractivity contribution is -0.144. The third-order valence-corrected chi connectivity index (χ3v) is 4.05. The van der Waals surface area contributed by atoms with Crippen LogP contribution in [0.2, 0.25) is 0 Å². The maximum atomic E-state index is 10.8. The molecule has 0 aromatic rings. The summed E-state index contributed by atoms with van der Waals surface area (Å²) in [7, 11) is 0. The molecule has 1 aliphatic rings. The Bertz CT molecular complexity index is 326. The van der Waals surface area contributed by atoms with Crippen molar-refractivity contribution in [1.82, 2.24) is 0 Å². The maximum absolute atomic E-state index is 10.8. The highest BCUT2D eigenvalue weighted by atomic mass is 16.4. The molecular weight excluding hydrogens is 256 g/mol. The van der Waals surface area contributed by atoms with Crippen LogP contribution in [0.3, 0.4) is 0 Å². The minimum atomic E-state index is -1.08. The molecule has 0 spiro atoms. The molecule has 20 heavy (non-hydrogen) atoms. The van der Waals surface area contributed by atoms with Crippen molar-refractivity contribution in [1.29, 1.82) is 0 Å².